The van der Waals surface area contributed by atoms with Crippen molar-refractivity contribution in [3.05, 3.63) is 99.2 Å². The summed E-state index contributed by atoms with van der Waals surface area (Å²) in [7, 11) is 0. The molecule has 0 radical (unpaired) electrons. The fraction of sp³-hybridized carbons (Fsp3) is 0.250. The van der Waals surface area contributed by atoms with Crippen molar-refractivity contribution >= 4 is 28.9 Å². The van der Waals surface area contributed by atoms with Crippen LogP contribution in [0.3, 0.4) is 0 Å². The quantitative estimate of drug-likeness (QED) is 0.416. The summed E-state index contributed by atoms with van der Waals surface area (Å²) in [6.45, 7) is 2.88. The highest BCUT2D eigenvalue weighted by molar-refractivity contribution is 7.98. The fourth-order valence-corrected chi connectivity index (χ4v) is 5.60. The number of pyridine rings is 2. The van der Waals surface area contributed by atoms with E-state index in [4.69, 9.17) is 16.6 Å². The average Bonchev–Trinajstić information content (AvgIpc) is 2.93. The number of likely N-dealkylation sites (tertiary alicyclic amines) is 1. The molecule has 4 nitrogen and oxygen atoms in total. The zero-order chi connectivity index (χ0) is 20.5. The molecule has 2 aliphatic rings. The zero-order valence-corrected chi connectivity index (χ0v) is 18.1. The van der Waals surface area contributed by atoms with Crippen molar-refractivity contribution in [2.45, 2.75) is 30.0 Å². The standard InChI is InChI=1S/C24H22ClN3OS/c25-20-3-4-21-22(14-20)30-16-19-2-1-9-26-24(19)23(21)18-7-10-27(11-8-18)15-17-5-12-28(29)13-6-17/h1-6,9,12-14H,7-8,10-11,15-16H2. The summed E-state index contributed by atoms with van der Waals surface area (Å²) >= 11 is 8.15. The molecular formula is C24H22ClN3OS. The van der Waals surface area contributed by atoms with Crippen LogP contribution >= 0.6 is 23.4 Å². The smallest absolute Gasteiger partial charge is 0.180 e. The highest BCUT2D eigenvalue weighted by Gasteiger charge is 2.25. The number of fused-ring (bicyclic) bond motifs is 2. The van der Waals surface area contributed by atoms with Gasteiger partial charge in [0.15, 0.2) is 12.4 Å². The molecule has 152 valence electrons. The second kappa shape index (κ2) is 8.42. The van der Waals surface area contributed by atoms with Crippen LogP contribution in [0.15, 0.2) is 71.5 Å². The van der Waals surface area contributed by atoms with Crippen LogP contribution in [0.5, 0.6) is 0 Å². The minimum absolute atomic E-state index is 0.779. The first-order chi connectivity index (χ1) is 14.7. The molecule has 2 aliphatic heterocycles. The third-order valence-corrected chi connectivity index (χ3v) is 7.15. The van der Waals surface area contributed by atoms with E-state index in [-0.39, 0.29) is 0 Å². The molecule has 0 aliphatic carbocycles. The topological polar surface area (TPSA) is 43.1 Å². The molecule has 1 fully saturated rings. The molecule has 5 rings (SSSR count). The van der Waals surface area contributed by atoms with Gasteiger partial charge < -0.3 is 5.21 Å². The molecule has 1 aromatic carbocycles. The Morgan fingerprint density at radius 3 is 2.70 bits per heavy atom. The Labute approximate surface area is 185 Å². The van der Waals surface area contributed by atoms with E-state index in [0.29, 0.717) is 0 Å². The van der Waals surface area contributed by atoms with E-state index >= 15 is 0 Å². The summed E-state index contributed by atoms with van der Waals surface area (Å²) in [5.74, 6) is 0.910. The van der Waals surface area contributed by atoms with E-state index < -0.39 is 0 Å². The molecule has 0 atom stereocenters. The predicted molar refractivity (Wildman–Crippen MR) is 121 cm³/mol. The van der Waals surface area contributed by atoms with Crippen molar-refractivity contribution in [2.75, 3.05) is 13.1 Å². The first-order valence-electron chi connectivity index (χ1n) is 10.2. The first kappa shape index (κ1) is 19.6. The summed E-state index contributed by atoms with van der Waals surface area (Å²) in [6.07, 6.45) is 7.08. The number of piperidine rings is 1. The van der Waals surface area contributed by atoms with E-state index in [2.05, 4.69) is 23.1 Å². The highest BCUT2D eigenvalue weighted by atomic mass is 35.5. The maximum absolute atomic E-state index is 11.3. The van der Waals surface area contributed by atoms with E-state index in [1.165, 1.54) is 32.7 Å². The molecule has 0 amide bonds. The molecule has 3 aromatic rings. The Balaban J connectivity index is 1.46. The third kappa shape index (κ3) is 3.97. The van der Waals surface area contributed by atoms with Crippen LogP contribution in [0.2, 0.25) is 5.02 Å². The van der Waals surface area contributed by atoms with E-state index in [0.717, 1.165) is 53.7 Å². The number of aromatic nitrogens is 2. The normalized spacial score (nSPS) is 16.7. The van der Waals surface area contributed by atoms with Crippen LogP contribution in [0, 0.1) is 5.21 Å². The maximum atomic E-state index is 11.3. The molecule has 0 unspecified atom stereocenters. The van der Waals surface area contributed by atoms with Crippen LogP contribution < -0.4 is 4.73 Å². The summed E-state index contributed by atoms with van der Waals surface area (Å²) in [6, 6.07) is 14.3. The van der Waals surface area contributed by atoms with E-state index in [1.54, 1.807) is 12.4 Å². The summed E-state index contributed by atoms with van der Waals surface area (Å²) in [5, 5.41) is 12.0. The number of halogens is 1. The van der Waals surface area contributed by atoms with Crippen LogP contribution in [0.1, 0.15) is 35.2 Å². The molecule has 0 spiro atoms. The molecule has 2 aromatic heterocycles. The maximum Gasteiger partial charge on any atom is 0.180 e. The lowest BCUT2D eigenvalue weighted by atomic mass is 9.89. The minimum Gasteiger partial charge on any atom is -0.619 e. The van der Waals surface area contributed by atoms with Gasteiger partial charge in [0.1, 0.15) is 0 Å². The van der Waals surface area contributed by atoms with E-state index in [1.807, 2.05) is 42.2 Å². The number of hydrogen-bond acceptors (Lipinski definition) is 4. The lowest BCUT2D eigenvalue weighted by molar-refractivity contribution is -0.605. The molecule has 0 N–H and O–H groups in total. The number of benzene rings is 1. The third-order valence-electron chi connectivity index (χ3n) is 5.81. The molecule has 0 bridgehead atoms. The first-order valence-corrected chi connectivity index (χ1v) is 11.5. The van der Waals surface area contributed by atoms with Gasteiger partial charge in [0.05, 0.1) is 5.69 Å². The molecular weight excluding hydrogens is 414 g/mol. The molecule has 1 saturated heterocycles. The van der Waals surface area contributed by atoms with Crippen LogP contribution in [0.4, 0.5) is 0 Å². The second-order valence-corrected chi connectivity index (χ2v) is 9.21. The van der Waals surface area contributed by atoms with Gasteiger partial charge in [-0.25, -0.2) is 0 Å². The summed E-state index contributed by atoms with van der Waals surface area (Å²) < 4.78 is 0.834. The molecule has 30 heavy (non-hydrogen) atoms. The monoisotopic (exact) mass is 435 g/mol. The lowest BCUT2D eigenvalue weighted by Crippen LogP contribution is -2.31. The average molecular weight is 436 g/mol. The van der Waals surface area contributed by atoms with Gasteiger partial charge >= 0.3 is 0 Å². The number of rotatable bonds is 2. The van der Waals surface area contributed by atoms with Crippen molar-refractivity contribution < 1.29 is 4.73 Å². The van der Waals surface area contributed by atoms with Gasteiger partial charge in [-0.15, -0.1) is 11.8 Å². The van der Waals surface area contributed by atoms with Gasteiger partial charge in [-0.05, 0) is 47.7 Å². The Kier molecular flexibility index (Phi) is 5.50. The van der Waals surface area contributed by atoms with Gasteiger partial charge in [-0.3, -0.25) is 9.88 Å². The van der Waals surface area contributed by atoms with E-state index in [9.17, 15) is 5.21 Å². The van der Waals surface area contributed by atoms with Gasteiger partial charge in [-0.2, -0.15) is 4.73 Å². The number of nitrogens with zero attached hydrogens (tertiary/aromatic N) is 3. The van der Waals surface area contributed by atoms with Crippen LogP contribution in [-0.2, 0) is 12.3 Å². The molecule has 0 saturated carbocycles. The highest BCUT2D eigenvalue weighted by Crippen LogP contribution is 2.43. The van der Waals surface area contributed by atoms with Crippen molar-refractivity contribution in [3.8, 4) is 0 Å². The number of thioether (sulfide) groups is 1. The Hall–Kier alpha value is -2.34. The van der Waals surface area contributed by atoms with Gasteiger partial charge in [-0.1, -0.05) is 29.3 Å². The largest absolute Gasteiger partial charge is 0.619 e. The lowest BCUT2D eigenvalue weighted by Gasteiger charge is -2.30. The Morgan fingerprint density at radius 2 is 1.90 bits per heavy atom. The minimum atomic E-state index is 0.779. The van der Waals surface area contributed by atoms with Gasteiger partial charge in [0.25, 0.3) is 0 Å². The van der Waals surface area contributed by atoms with Crippen molar-refractivity contribution in [1.82, 2.24) is 9.88 Å². The van der Waals surface area contributed by atoms with Crippen molar-refractivity contribution in [3.63, 3.8) is 0 Å². The van der Waals surface area contributed by atoms with Gasteiger partial charge in [0.2, 0.25) is 0 Å². The van der Waals surface area contributed by atoms with Crippen LogP contribution in [-0.4, -0.2) is 23.0 Å². The zero-order valence-electron chi connectivity index (χ0n) is 16.6. The fourth-order valence-electron chi connectivity index (χ4n) is 4.28. The van der Waals surface area contributed by atoms with Crippen LogP contribution in [0.25, 0.3) is 5.57 Å². The van der Waals surface area contributed by atoms with Crippen molar-refractivity contribution in [1.29, 1.82) is 0 Å². The summed E-state index contributed by atoms with van der Waals surface area (Å²) in [5.41, 5.74) is 7.62. The predicted octanol–water partition coefficient (Wildman–Crippen LogP) is 5.07. The Morgan fingerprint density at radius 1 is 1.10 bits per heavy atom. The second-order valence-electron chi connectivity index (χ2n) is 7.76. The van der Waals surface area contributed by atoms with Crippen molar-refractivity contribution in [2.24, 2.45) is 0 Å². The molecule has 4 heterocycles. The SMILES string of the molecule is [O-][n+]1ccc(CN2CCC(=C3c4ccc(Cl)cc4SCc4cccnc43)CC2)cc1. The van der Waals surface area contributed by atoms with Gasteiger partial charge in [0, 0.05) is 59.2 Å². The Bertz CT molecular complexity index is 1100. The number of hydrogen-bond donors (Lipinski definition) is 0. The summed E-state index contributed by atoms with van der Waals surface area (Å²) in [4.78, 5) is 8.50. The molecule has 6 heteroatoms.